The number of amides is 1. The van der Waals surface area contributed by atoms with Crippen molar-refractivity contribution in [1.82, 2.24) is 4.48 Å². The maximum atomic E-state index is 13.7. The monoisotopic (exact) mass is 470 g/mol. The molecule has 1 fully saturated rings. The molecule has 2 aromatic rings. The average molecular weight is 471 g/mol. The topological polar surface area (TPSA) is 52.6 Å². The fourth-order valence-electron chi connectivity index (χ4n) is 4.23. The van der Waals surface area contributed by atoms with Gasteiger partial charge in [-0.05, 0) is 56.9 Å². The van der Waals surface area contributed by atoms with Gasteiger partial charge in [0.2, 0.25) is 0 Å². The molecule has 0 spiro atoms. The van der Waals surface area contributed by atoms with Gasteiger partial charge in [0, 0.05) is 12.5 Å². The molecule has 1 amide bonds. The van der Waals surface area contributed by atoms with E-state index in [9.17, 15) is 9.59 Å². The van der Waals surface area contributed by atoms with Gasteiger partial charge in [-0.1, -0.05) is 55.8 Å². The van der Waals surface area contributed by atoms with Crippen LogP contribution in [0, 0.1) is 0 Å². The second-order valence-corrected chi connectivity index (χ2v) is 9.65. The zero-order valence-corrected chi connectivity index (χ0v) is 20.6. The van der Waals surface area contributed by atoms with Crippen LogP contribution in [0.5, 0.6) is 11.5 Å². The van der Waals surface area contributed by atoms with Crippen LogP contribution in [0.3, 0.4) is 0 Å². The quantitative estimate of drug-likeness (QED) is 0.185. The molecular formula is C27H36NO4S+. The minimum atomic E-state index is -0.139. The number of unbranched alkanes of at least 4 members (excludes halogenated alkanes) is 3. The number of para-hydroxylation sites is 1. The fourth-order valence-corrected chi connectivity index (χ4v) is 5.75. The van der Waals surface area contributed by atoms with Gasteiger partial charge in [0.25, 0.3) is 0 Å². The van der Waals surface area contributed by atoms with Gasteiger partial charge in [-0.15, -0.1) is 0 Å². The fraction of sp³-hybridized carbons (Fsp3) is 0.481. The van der Waals surface area contributed by atoms with Crippen LogP contribution >= 0.6 is 11.8 Å². The standard InChI is InChI=1S/C27H36NO4S/c1-3-5-17-25-27(30)28(21-33-25,19-11-7-10-18-26(29)31-4-2)22-13-12-16-24(20-22)32-23-14-8-6-9-15-23/h6,8-9,12-16,20,25H,3-5,7,10-11,17-19,21H2,1-2H3/q+1/t25-,28+/m1/s1. The van der Waals surface area contributed by atoms with E-state index in [1.807, 2.05) is 55.5 Å². The van der Waals surface area contributed by atoms with E-state index in [-0.39, 0.29) is 11.2 Å². The Morgan fingerprint density at radius 3 is 2.55 bits per heavy atom. The zero-order chi connectivity index (χ0) is 23.5. The second kappa shape index (κ2) is 12.8. The lowest BCUT2D eigenvalue weighted by Crippen LogP contribution is -2.52. The molecule has 33 heavy (non-hydrogen) atoms. The van der Waals surface area contributed by atoms with Gasteiger partial charge in [-0.25, -0.2) is 9.28 Å². The van der Waals surface area contributed by atoms with Crippen molar-refractivity contribution in [1.29, 1.82) is 0 Å². The highest BCUT2D eigenvalue weighted by Crippen LogP contribution is 2.41. The van der Waals surface area contributed by atoms with Crippen molar-refractivity contribution in [3.63, 3.8) is 0 Å². The maximum absolute atomic E-state index is 13.7. The first-order valence-electron chi connectivity index (χ1n) is 12.1. The molecule has 1 heterocycles. The molecule has 6 heteroatoms. The highest BCUT2D eigenvalue weighted by molar-refractivity contribution is 8.01. The smallest absolute Gasteiger partial charge is 0.332 e. The van der Waals surface area contributed by atoms with Crippen LogP contribution in [0.4, 0.5) is 5.69 Å². The van der Waals surface area contributed by atoms with Crippen molar-refractivity contribution in [2.75, 3.05) is 19.0 Å². The van der Waals surface area contributed by atoms with E-state index in [2.05, 4.69) is 13.0 Å². The SMILES string of the molecule is CCCC[C@H]1SC[N@@+](CCCCCC(=O)OCC)(c2cccc(Oc3ccccc3)c2)C1=O. The molecule has 0 N–H and O–H groups in total. The molecule has 0 aliphatic carbocycles. The van der Waals surface area contributed by atoms with E-state index in [4.69, 9.17) is 9.47 Å². The molecule has 3 rings (SSSR count). The molecule has 2 atom stereocenters. The zero-order valence-electron chi connectivity index (χ0n) is 19.8. The van der Waals surface area contributed by atoms with Crippen molar-refractivity contribution >= 4 is 29.3 Å². The number of hydrogen-bond acceptors (Lipinski definition) is 5. The summed E-state index contributed by atoms with van der Waals surface area (Å²) in [6, 6.07) is 17.7. The van der Waals surface area contributed by atoms with Gasteiger partial charge < -0.3 is 9.47 Å². The minimum Gasteiger partial charge on any atom is -0.466 e. The summed E-state index contributed by atoms with van der Waals surface area (Å²) in [6.45, 7) is 5.16. The predicted octanol–water partition coefficient (Wildman–Crippen LogP) is 6.70. The van der Waals surface area contributed by atoms with Crippen LogP contribution in [0.25, 0.3) is 0 Å². The molecule has 1 aliphatic heterocycles. The molecule has 2 aromatic carbocycles. The lowest BCUT2D eigenvalue weighted by atomic mass is 10.1. The Hall–Kier alpha value is -2.31. The van der Waals surface area contributed by atoms with E-state index in [1.165, 1.54) is 0 Å². The van der Waals surface area contributed by atoms with Crippen molar-refractivity contribution in [3.8, 4) is 11.5 Å². The summed E-state index contributed by atoms with van der Waals surface area (Å²) < 4.78 is 11.4. The van der Waals surface area contributed by atoms with Crippen LogP contribution in [0.15, 0.2) is 54.6 Å². The van der Waals surface area contributed by atoms with Gasteiger partial charge in [-0.3, -0.25) is 4.79 Å². The number of benzene rings is 2. The minimum absolute atomic E-state index is 0.0446. The summed E-state index contributed by atoms with van der Waals surface area (Å²) >= 11 is 1.79. The number of carbonyl (C=O) groups excluding carboxylic acids is 2. The number of nitrogens with zero attached hydrogens (tertiary/aromatic N) is 1. The molecule has 5 nitrogen and oxygen atoms in total. The number of carbonyl (C=O) groups is 2. The van der Waals surface area contributed by atoms with Crippen molar-refractivity contribution in [3.05, 3.63) is 54.6 Å². The van der Waals surface area contributed by atoms with E-state index in [1.54, 1.807) is 11.8 Å². The maximum Gasteiger partial charge on any atom is 0.332 e. The third kappa shape index (κ3) is 6.84. The van der Waals surface area contributed by atoms with Crippen LogP contribution in [-0.2, 0) is 14.3 Å². The summed E-state index contributed by atoms with van der Waals surface area (Å²) in [5.41, 5.74) is 0.991. The number of rotatable bonds is 13. The summed E-state index contributed by atoms with van der Waals surface area (Å²) in [5, 5.41) is 0.0446. The molecule has 0 unspecified atom stereocenters. The van der Waals surface area contributed by atoms with Gasteiger partial charge >= 0.3 is 11.9 Å². The first kappa shape index (κ1) is 25.3. The predicted molar refractivity (Wildman–Crippen MR) is 135 cm³/mol. The number of ether oxygens (including phenoxy) is 2. The van der Waals surface area contributed by atoms with E-state index >= 15 is 0 Å². The summed E-state index contributed by atoms with van der Waals surface area (Å²) in [5.74, 6) is 2.44. The van der Waals surface area contributed by atoms with Crippen LogP contribution in [-0.4, -0.2) is 36.2 Å². The number of hydrogen-bond donors (Lipinski definition) is 0. The second-order valence-electron chi connectivity index (χ2n) is 8.48. The molecule has 0 saturated carbocycles. The van der Waals surface area contributed by atoms with E-state index in [0.717, 1.165) is 68.1 Å². The number of esters is 1. The normalized spacial score (nSPS) is 20.1. The first-order valence-corrected chi connectivity index (χ1v) is 13.2. The molecule has 178 valence electrons. The largest absolute Gasteiger partial charge is 0.466 e. The van der Waals surface area contributed by atoms with Crippen molar-refractivity contribution in [2.45, 2.75) is 64.0 Å². The Balaban J connectivity index is 1.74. The van der Waals surface area contributed by atoms with Crippen LogP contribution < -0.4 is 9.22 Å². The molecule has 0 aromatic heterocycles. The Morgan fingerprint density at radius 2 is 1.79 bits per heavy atom. The van der Waals surface area contributed by atoms with E-state index in [0.29, 0.717) is 23.4 Å². The molecular weight excluding hydrogens is 434 g/mol. The highest BCUT2D eigenvalue weighted by atomic mass is 32.2. The number of quaternary nitrogens is 1. The Morgan fingerprint density at radius 1 is 1.00 bits per heavy atom. The third-order valence-electron chi connectivity index (χ3n) is 6.03. The number of thioether (sulfide) groups is 1. The highest BCUT2D eigenvalue weighted by Gasteiger charge is 2.49. The molecule has 1 saturated heterocycles. The molecule has 0 bridgehead atoms. The Bertz CT molecular complexity index is 904. The lowest BCUT2D eigenvalue weighted by molar-refractivity contribution is -0.143. The van der Waals surface area contributed by atoms with E-state index < -0.39 is 0 Å². The molecule has 1 aliphatic rings. The van der Waals surface area contributed by atoms with Crippen molar-refractivity contribution < 1.29 is 19.1 Å². The third-order valence-corrected chi connectivity index (χ3v) is 7.46. The Kier molecular flexibility index (Phi) is 9.82. The van der Waals surface area contributed by atoms with Crippen molar-refractivity contribution in [2.24, 2.45) is 0 Å². The van der Waals surface area contributed by atoms with Crippen LogP contribution in [0.2, 0.25) is 0 Å². The summed E-state index contributed by atoms with van der Waals surface area (Å²) in [4.78, 5) is 25.3. The first-order chi connectivity index (χ1) is 16.1. The average Bonchev–Trinajstić information content (AvgIpc) is 3.14. The van der Waals surface area contributed by atoms with Gasteiger partial charge in [0.05, 0.1) is 13.2 Å². The van der Waals surface area contributed by atoms with Crippen LogP contribution in [0.1, 0.15) is 58.8 Å². The summed E-state index contributed by atoms with van der Waals surface area (Å²) in [7, 11) is 0. The summed E-state index contributed by atoms with van der Waals surface area (Å²) in [6.07, 6.45) is 6.11. The Labute approximate surface area is 202 Å². The van der Waals surface area contributed by atoms with Gasteiger partial charge in [0.1, 0.15) is 28.3 Å². The van der Waals surface area contributed by atoms with Gasteiger partial charge in [0.15, 0.2) is 0 Å². The van der Waals surface area contributed by atoms with Gasteiger partial charge in [-0.2, -0.15) is 0 Å². The lowest BCUT2D eigenvalue weighted by Gasteiger charge is -2.31. The molecule has 0 radical (unpaired) electrons.